The Kier molecular flexibility index (Phi) is 10.3. The van der Waals surface area contributed by atoms with E-state index in [0.29, 0.717) is 37.0 Å². The number of halogens is 4. The van der Waals surface area contributed by atoms with Crippen LogP contribution in [0.1, 0.15) is 29.2 Å². The molecule has 0 saturated heterocycles. The molecule has 12 heteroatoms. The average Bonchev–Trinajstić information content (AvgIpc) is 3.24. The van der Waals surface area contributed by atoms with Crippen LogP contribution in [0.15, 0.2) is 22.8 Å². The third-order valence-corrected chi connectivity index (χ3v) is 4.88. The molecule has 164 valence electrons. The molecule has 2 aromatic rings. The molecule has 29 heavy (non-hydrogen) atoms. The summed E-state index contributed by atoms with van der Waals surface area (Å²) in [6.45, 7) is 3.60. The van der Waals surface area contributed by atoms with Gasteiger partial charge in [0, 0.05) is 43.7 Å². The van der Waals surface area contributed by atoms with Crippen LogP contribution in [0.2, 0.25) is 0 Å². The second-order valence-electron chi connectivity index (χ2n) is 6.45. The van der Waals surface area contributed by atoms with E-state index in [4.69, 9.17) is 0 Å². The topological polar surface area (TPSA) is 70.4 Å². The number of aromatic nitrogens is 3. The molecular formula is C17H27F3IN7S. The van der Waals surface area contributed by atoms with E-state index in [1.807, 2.05) is 40.5 Å². The first-order valence-electron chi connectivity index (χ1n) is 8.89. The smallest absolute Gasteiger partial charge is 0.357 e. The molecule has 0 bridgehead atoms. The summed E-state index contributed by atoms with van der Waals surface area (Å²) in [7, 11) is 5.83. The number of rotatable bonds is 8. The van der Waals surface area contributed by atoms with Crippen LogP contribution < -0.4 is 10.6 Å². The molecule has 0 amide bonds. The Balaban J connectivity index is 0.00000420. The highest BCUT2D eigenvalue weighted by atomic mass is 127. The number of nitrogens with one attached hydrogen (secondary N) is 2. The molecule has 1 unspecified atom stereocenters. The molecule has 0 aliphatic heterocycles. The lowest BCUT2D eigenvalue weighted by Crippen LogP contribution is -2.39. The minimum Gasteiger partial charge on any atom is -0.357 e. The van der Waals surface area contributed by atoms with Crippen LogP contribution in [0.5, 0.6) is 0 Å². The summed E-state index contributed by atoms with van der Waals surface area (Å²) in [5, 5.41) is 12.0. The maximum absolute atomic E-state index is 12.6. The summed E-state index contributed by atoms with van der Waals surface area (Å²) >= 11 is 1.02. The highest BCUT2D eigenvalue weighted by Gasteiger charge is 2.33. The van der Waals surface area contributed by atoms with Crippen molar-refractivity contribution in [1.82, 2.24) is 30.3 Å². The Labute approximate surface area is 189 Å². The first-order valence-corrected chi connectivity index (χ1v) is 9.77. The van der Waals surface area contributed by atoms with Gasteiger partial charge in [-0.1, -0.05) is 0 Å². The van der Waals surface area contributed by atoms with E-state index in [1.54, 1.807) is 4.68 Å². The predicted octanol–water partition coefficient (Wildman–Crippen LogP) is 2.91. The highest BCUT2D eigenvalue weighted by molar-refractivity contribution is 14.0. The summed E-state index contributed by atoms with van der Waals surface area (Å²) in [6, 6.07) is 0.0671. The Morgan fingerprint density at radius 2 is 2.07 bits per heavy atom. The fourth-order valence-corrected chi connectivity index (χ4v) is 3.35. The van der Waals surface area contributed by atoms with Crippen molar-refractivity contribution in [3.8, 4) is 0 Å². The molecule has 1 atom stereocenters. The molecule has 2 aromatic heterocycles. The number of alkyl halides is 3. The molecule has 7 nitrogen and oxygen atoms in total. The summed E-state index contributed by atoms with van der Waals surface area (Å²) in [6.07, 6.45) is -0.223. The lowest BCUT2D eigenvalue weighted by atomic mass is 10.1. The van der Waals surface area contributed by atoms with Crippen molar-refractivity contribution in [2.24, 2.45) is 12.0 Å². The van der Waals surface area contributed by atoms with Gasteiger partial charge in [-0.25, -0.2) is 4.98 Å². The second kappa shape index (κ2) is 11.7. The van der Waals surface area contributed by atoms with Crippen LogP contribution in [0.25, 0.3) is 0 Å². The first kappa shape index (κ1) is 25.6. The van der Waals surface area contributed by atoms with Gasteiger partial charge in [0.05, 0.1) is 23.8 Å². The lowest BCUT2D eigenvalue weighted by molar-refractivity contribution is -0.140. The normalized spacial score (nSPS) is 13.3. The average molecular weight is 545 g/mol. The Hall–Kier alpha value is -1.41. The van der Waals surface area contributed by atoms with Gasteiger partial charge in [0.2, 0.25) is 0 Å². The van der Waals surface area contributed by atoms with Crippen molar-refractivity contribution >= 4 is 41.3 Å². The van der Waals surface area contributed by atoms with Crippen LogP contribution in [-0.2, 0) is 19.6 Å². The van der Waals surface area contributed by atoms with E-state index in [1.165, 1.54) is 0 Å². The van der Waals surface area contributed by atoms with Gasteiger partial charge in [-0.3, -0.25) is 9.67 Å². The largest absolute Gasteiger partial charge is 0.434 e. The van der Waals surface area contributed by atoms with Gasteiger partial charge >= 0.3 is 6.18 Å². The van der Waals surface area contributed by atoms with Crippen LogP contribution in [0.4, 0.5) is 13.2 Å². The molecule has 0 fully saturated rings. The van der Waals surface area contributed by atoms with Crippen LogP contribution >= 0.6 is 35.3 Å². The summed E-state index contributed by atoms with van der Waals surface area (Å²) in [5.74, 6) is 0.617. The van der Waals surface area contributed by atoms with E-state index in [9.17, 15) is 13.2 Å². The van der Waals surface area contributed by atoms with E-state index in [-0.39, 0.29) is 30.0 Å². The summed E-state index contributed by atoms with van der Waals surface area (Å²) in [5.41, 5.74) is 0.230. The third-order valence-electron chi connectivity index (χ3n) is 3.97. The number of nitrogens with zero attached hydrogens (tertiary/aromatic N) is 5. The van der Waals surface area contributed by atoms with E-state index in [2.05, 4.69) is 30.6 Å². The fraction of sp³-hybridized carbons (Fsp3) is 0.588. The highest BCUT2D eigenvalue weighted by Crippen LogP contribution is 2.30. The molecular weight excluding hydrogens is 518 g/mol. The van der Waals surface area contributed by atoms with Gasteiger partial charge in [-0.15, -0.1) is 35.3 Å². The Morgan fingerprint density at radius 1 is 1.34 bits per heavy atom. The summed E-state index contributed by atoms with van der Waals surface area (Å²) < 4.78 is 39.6. The van der Waals surface area contributed by atoms with Crippen molar-refractivity contribution in [2.45, 2.75) is 25.6 Å². The third kappa shape index (κ3) is 8.09. The number of aryl methyl sites for hydroxylation is 1. The maximum atomic E-state index is 12.6. The molecule has 0 radical (unpaired) electrons. The molecule has 2 heterocycles. The number of guanidine groups is 1. The van der Waals surface area contributed by atoms with Gasteiger partial charge < -0.3 is 15.5 Å². The number of aliphatic imine (C=N–C) groups is 1. The Bertz CT molecular complexity index is 773. The van der Waals surface area contributed by atoms with Gasteiger partial charge in [-0.2, -0.15) is 18.3 Å². The predicted molar refractivity (Wildman–Crippen MR) is 120 cm³/mol. The van der Waals surface area contributed by atoms with Crippen LogP contribution in [0, 0.1) is 0 Å². The van der Waals surface area contributed by atoms with Crippen molar-refractivity contribution in [3.63, 3.8) is 0 Å². The second-order valence-corrected chi connectivity index (χ2v) is 7.39. The zero-order chi connectivity index (χ0) is 20.7. The molecule has 2 N–H and O–H groups in total. The zero-order valence-electron chi connectivity index (χ0n) is 16.8. The summed E-state index contributed by atoms with van der Waals surface area (Å²) in [4.78, 5) is 10.3. The van der Waals surface area contributed by atoms with E-state index in [0.717, 1.165) is 22.3 Å². The monoisotopic (exact) mass is 545 g/mol. The van der Waals surface area contributed by atoms with Gasteiger partial charge in [0.1, 0.15) is 0 Å². The van der Waals surface area contributed by atoms with Crippen molar-refractivity contribution in [2.75, 3.05) is 33.7 Å². The SMILES string of the molecule is CCNC(=NCC(c1cnn(C)c1)N(C)C)NCCc1nc(C(F)(F)F)cs1.I. The van der Waals surface area contributed by atoms with Crippen molar-refractivity contribution < 1.29 is 13.2 Å². The van der Waals surface area contributed by atoms with Gasteiger partial charge in [0.25, 0.3) is 0 Å². The first-order chi connectivity index (χ1) is 13.2. The standard InChI is InChI=1S/C17H26F3N7S.HI/c1-5-21-16(22-7-6-15-25-14(11-28-15)17(18,19)20)23-9-13(26(2)3)12-8-24-27(4)10-12;/h8,10-11,13H,5-7,9H2,1-4H3,(H2,21,22,23);1H. The minimum absolute atomic E-state index is 0. The lowest BCUT2D eigenvalue weighted by Gasteiger charge is -2.22. The van der Waals surface area contributed by atoms with Crippen molar-refractivity contribution in [1.29, 1.82) is 0 Å². The van der Waals surface area contributed by atoms with Crippen LogP contribution in [-0.4, -0.2) is 59.4 Å². The number of hydrogen-bond acceptors (Lipinski definition) is 5. The molecule has 0 aliphatic carbocycles. The molecule has 0 spiro atoms. The van der Waals surface area contributed by atoms with E-state index >= 15 is 0 Å². The quantitative estimate of drug-likeness (QED) is 0.304. The fourth-order valence-electron chi connectivity index (χ4n) is 2.54. The molecule has 0 saturated carbocycles. The van der Waals surface area contributed by atoms with Crippen LogP contribution in [0.3, 0.4) is 0 Å². The molecule has 0 aliphatic rings. The van der Waals surface area contributed by atoms with Crippen molar-refractivity contribution in [3.05, 3.63) is 34.0 Å². The number of hydrogen-bond donors (Lipinski definition) is 2. The maximum Gasteiger partial charge on any atom is 0.434 e. The minimum atomic E-state index is -4.40. The zero-order valence-corrected chi connectivity index (χ0v) is 20.0. The van der Waals surface area contributed by atoms with Gasteiger partial charge in [-0.05, 0) is 21.0 Å². The Morgan fingerprint density at radius 3 is 2.59 bits per heavy atom. The van der Waals surface area contributed by atoms with E-state index < -0.39 is 11.9 Å². The molecule has 2 rings (SSSR count). The number of thiazole rings is 1. The molecule has 0 aromatic carbocycles. The van der Waals surface area contributed by atoms with Gasteiger partial charge in [0.15, 0.2) is 11.7 Å². The number of likely N-dealkylation sites (N-methyl/N-ethyl adjacent to an activating group) is 1.